The first-order valence-electron chi connectivity index (χ1n) is 8.85. The third-order valence-corrected chi connectivity index (χ3v) is 4.89. The van der Waals surface area contributed by atoms with Crippen molar-refractivity contribution in [1.82, 2.24) is 0 Å². The number of hydrogen-bond acceptors (Lipinski definition) is 3. The molecule has 26 heavy (non-hydrogen) atoms. The molecule has 0 saturated carbocycles. The average Bonchev–Trinajstić information content (AvgIpc) is 3.16. The lowest BCUT2D eigenvalue weighted by molar-refractivity contribution is -0.191. The second-order valence-corrected chi connectivity index (χ2v) is 6.78. The molecule has 1 aliphatic heterocycles. The van der Waals surface area contributed by atoms with Gasteiger partial charge in [0.1, 0.15) is 17.8 Å². The standard InChI is InChI=1S/C23H22O3/c1-23(24,19-15-9-4-10-16-19)22-25-20(17-11-5-2-6-12-17)21(26-22)18-13-7-3-8-14-18/h2-16,20-22,24H,1H3/t20-,21-,23+/m1/s1. The normalized spacial score (nSPS) is 22.8. The molecule has 0 aromatic heterocycles. The Bertz CT molecular complexity index is 784. The third-order valence-electron chi connectivity index (χ3n) is 4.89. The van der Waals surface area contributed by atoms with Gasteiger partial charge >= 0.3 is 0 Å². The van der Waals surface area contributed by atoms with Crippen LogP contribution in [-0.4, -0.2) is 11.4 Å². The number of hydrogen-bond donors (Lipinski definition) is 1. The highest BCUT2D eigenvalue weighted by atomic mass is 16.7. The zero-order chi connectivity index (χ0) is 18.0. The van der Waals surface area contributed by atoms with Gasteiger partial charge in [-0.15, -0.1) is 0 Å². The smallest absolute Gasteiger partial charge is 0.191 e. The molecular weight excluding hydrogens is 324 g/mol. The first kappa shape index (κ1) is 17.0. The zero-order valence-corrected chi connectivity index (χ0v) is 14.7. The van der Waals surface area contributed by atoms with Crippen LogP contribution in [0.25, 0.3) is 0 Å². The molecule has 4 rings (SSSR count). The maximum Gasteiger partial charge on any atom is 0.191 e. The summed E-state index contributed by atoms with van der Waals surface area (Å²) >= 11 is 0. The topological polar surface area (TPSA) is 38.7 Å². The highest BCUT2D eigenvalue weighted by Crippen LogP contribution is 2.47. The van der Waals surface area contributed by atoms with Crippen LogP contribution >= 0.6 is 0 Å². The molecule has 1 saturated heterocycles. The molecule has 3 atom stereocenters. The minimum absolute atomic E-state index is 0.279. The molecule has 0 radical (unpaired) electrons. The van der Waals surface area contributed by atoms with Crippen molar-refractivity contribution >= 4 is 0 Å². The Labute approximate surface area is 153 Å². The fraction of sp³-hybridized carbons (Fsp3) is 0.217. The monoisotopic (exact) mass is 346 g/mol. The maximum atomic E-state index is 11.2. The highest BCUT2D eigenvalue weighted by Gasteiger charge is 2.47. The summed E-state index contributed by atoms with van der Waals surface area (Å²) in [4.78, 5) is 0. The van der Waals surface area contributed by atoms with E-state index in [1.165, 1.54) is 0 Å². The number of aliphatic hydroxyl groups is 1. The maximum absolute atomic E-state index is 11.2. The Kier molecular flexibility index (Phi) is 4.60. The van der Waals surface area contributed by atoms with Gasteiger partial charge in [0.05, 0.1) is 0 Å². The van der Waals surface area contributed by atoms with E-state index in [2.05, 4.69) is 0 Å². The van der Waals surface area contributed by atoms with Gasteiger partial charge in [-0.3, -0.25) is 0 Å². The molecule has 132 valence electrons. The van der Waals surface area contributed by atoms with E-state index in [4.69, 9.17) is 9.47 Å². The van der Waals surface area contributed by atoms with E-state index in [1.54, 1.807) is 6.92 Å². The first-order chi connectivity index (χ1) is 12.7. The predicted octanol–water partition coefficient (Wildman–Crippen LogP) is 4.75. The molecule has 0 amide bonds. The fourth-order valence-corrected chi connectivity index (χ4v) is 3.41. The van der Waals surface area contributed by atoms with Gasteiger partial charge in [-0.2, -0.15) is 0 Å². The van der Waals surface area contributed by atoms with Crippen molar-refractivity contribution < 1.29 is 14.6 Å². The molecule has 3 aromatic carbocycles. The SMILES string of the molecule is C[C@](O)(c1ccccc1)C1O[C@H](c2ccccc2)[C@@H](c2ccccc2)O1. The molecule has 0 unspecified atom stereocenters. The summed E-state index contributed by atoms with van der Waals surface area (Å²) in [5.41, 5.74) is 1.59. The van der Waals surface area contributed by atoms with Gasteiger partial charge in [0.2, 0.25) is 0 Å². The molecule has 3 heteroatoms. The van der Waals surface area contributed by atoms with Crippen LogP contribution in [0.5, 0.6) is 0 Å². The second kappa shape index (κ2) is 7.04. The molecule has 1 N–H and O–H groups in total. The van der Waals surface area contributed by atoms with Crippen LogP contribution in [0, 0.1) is 0 Å². The van der Waals surface area contributed by atoms with E-state index in [1.807, 2.05) is 91.0 Å². The van der Waals surface area contributed by atoms with Crippen LogP contribution in [0.2, 0.25) is 0 Å². The van der Waals surface area contributed by atoms with Crippen LogP contribution in [0.4, 0.5) is 0 Å². The van der Waals surface area contributed by atoms with E-state index in [0.717, 1.165) is 16.7 Å². The van der Waals surface area contributed by atoms with Gasteiger partial charge in [0.25, 0.3) is 0 Å². The summed E-state index contributed by atoms with van der Waals surface area (Å²) in [6.45, 7) is 1.74. The van der Waals surface area contributed by atoms with Crippen molar-refractivity contribution in [3.8, 4) is 0 Å². The van der Waals surface area contributed by atoms with Gasteiger partial charge in [0.15, 0.2) is 6.29 Å². The summed E-state index contributed by atoms with van der Waals surface area (Å²) in [5.74, 6) is 0. The van der Waals surface area contributed by atoms with E-state index in [-0.39, 0.29) is 12.2 Å². The van der Waals surface area contributed by atoms with Crippen LogP contribution < -0.4 is 0 Å². The average molecular weight is 346 g/mol. The number of ether oxygens (including phenoxy) is 2. The fourth-order valence-electron chi connectivity index (χ4n) is 3.41. The van der Waals surface area contributed by atoms with E-state index in [9.17, 15) is 5.11 Å². The Balaban J connectivity index is 1.69. The van der Waals surface area contributed by atoms with Gasteiger partial charge < -0.3 is 14.6 Å². The van der Waals surface area contributed by atoms with E-state index >= 15 is 0 Å². The molecule has 0 bridgehead atoms. The van der Waals surface area contributed by atoms with Crippen molar-refractivity contribution in [1.29, 1.82) is 0 Å². The summed E-state index contributed by atoms with van der Waals surface area (Å²) in [6.07, 6.45) is -1.32. The molecule has 1 fully saturated rings. The van der Waals surface area contributed by atoms with E-state index in [0.29, 0.717) is 0 Å². The van der Waals surface area contributed by atoms with Crippen LogP contribution in [0.15, 0.2) is 91.0 Å². The molecule has 1 aliphatic rings. The minimum Gasteiger partial charge on any atom is -0.380 e. The van der Waals surface area contributed by atoms with Gasteiger partial charge in [-0.25, -0.2) is 0 Å². The largest absolute Gasteiger partial charge is 0.380 e. The number of rotatable bonds is 4. The van der Waals surface area contributed by atoms with Crippen LogP contribution in [0.1, 0.15) is 35.8 Å². The molecule has 3 nitrogen and oxygen atoms in total. The zero-order valence-electron chi connectivity index (χ0n) is 14.7. The molecule has 3 aromatic rings. The van der Waals surface area contributed by atoms with Gasteiger partial charge in [-0.1, -0.05) is 91.0 Å². The van der Waals surface area contributed by atoms with Crippen molar-refractivity contribution in [3.63, 3.8) is 0 Å². The lowest BCUT2D eigenvalue weighted by Crippen LogP contribution is -2.37. The Morgan fingerprint density at radius 3 is 1.46 bits per heavy atom. The molecule has 0 aliphatic carbocycles. The second-order valence-electron chi connectivity index (χ2n) is 6.78. The van der Waals surface area contributed by atoms with Crippen molar-refractivity contribution in [2.45, 2.75) is 31.0 Å². The van der Waals surface area contributed by atoms with Gasteiger partial charge in [-0.05, 0) is 23.6 Å². The Morgan fingerprint density at radius 1 is 0.654 bits per heavy atom. The van der Waals surface area contributed by atoms with Crippen molar-refractivity contribution in [2.75, 3.05) is 0 Å². The predicted molar refractivity (Wildman–Crippen MR) is 100 cm³/mol. The van der Waals surface area contributed by atoms with Crippen molar-refractivity contribution in [2.24, 2.45) is 0 Å². The summed E-state index contributed by atoms with van der Waals surface area (Å²) < 4.78 is 12.5. The highest BCUT2D eigenvalue weighted by molar-refractivity contribution is 5.28. The van der Waals surface area contributed by atoms with Crippen LogP contribution in [0.3, 0.4) is 0 Å². The molecule has 1 heterocycles. The third kappa shape index (κ3) is 3.17. The minimum atomic E-state index is -1.25. The Morgan fingerprint density at radius 2 is 1.04 bits per heavy atom. The summed E-state index contributed by atoms with van der Waals surface area (Å²) in [7, 11) is 0. The quantitative estimate of drug-likeness (QED) is 0.741. The van der Waals surface area contributed by atoms with Crippen molar-refractivity contribution in [3.05, 3.63) is 108 Å². The summed E-state index contributed by atoms with van der Waals surface area (Å²) in [5, 5.41) is 11.2. The summed E-state index contributed by atoms with van der Waals surface area (Å²) in [6, 6.07) is 29.6. The lowest BCUT2D eigenvalue weighted by Gasteiger charge is -2.29. The molecular formula is C23H22O3. The molecule has 0 spiro atoms. The lowest BCUT2D eigenvalue weighted by atomic mass is 9.95. The first-order valence-corrected chi connectivity index (χ1v) is 8.85. The van der Waals surface area contributed by atoms with Crippen LogP contribution in [-0.2, 0) is 15.1 Å². The number of benzene rings is 3. The van der Waals surface area contributed by atoms with Gasteiger partial charge in [0, 0.05) is 0 Å². The Hall–Kier alpha value is -2.46. The van der Waals surface area contributed by atoms with E-state index < -0.39 is 11.9 Å².